The number of anilines is 1. The van der Waals surface area contributed by atoms with Crippen LogP contribution in [0.4, 0.5) is 5.82 Å². The predicted molar refractivity (Wildman–Crippen MR) is 79.6 cm³/mol. The summed E-state index contributed by atoms with van der Waals surface area (Å²) < 4.78 is 0. The first-order chi connectivity index (χ1) is 10.1. The van der Waals surface area contributed by atoms with E-state index in [1.165, 1.54) is 24.5 Å². The van der Waals surface area contributed by atoms with E-state index in [2.05, 4.69) is 20.3 Å². The number of fused-ring (bicyclic) bond motifs is 1. The maximum atomic E-state index is 12.1. The lowest BCUT2D eigenvalue weighted by Gasteiger charge is -2.02. The SMILES string of the molecule is CC(=O)c1ccc(NC(=O)c2nc3cccnc3s2)nc1. The fourth-order valence-corrected chi connectivity index (χ4v) is 2.52. The topological polar surface area (TPSA) is 84.8 Å². The summed E-state index contributed by atoms with van der Waals surface area (Å²) in [6.07, 6.45) is 3.09. The number of Topliss-reactive ketones (excluding diaryl/α,β-unsaturated/α-hetero) is 1. The van der Waals surface area contributed by atoms with Crippen molar-refractivity contribution in [2.75, 3.05) is 5.32 Å². The van der Waals surface area contributed by atoms with Gasteiger partial charge in [-0.2, -0.15) is 0 Å². The van der Waals surface area contributed by atoms with Crippen LogP contribution in [0, 0.1) is 0 Å². The van der Waals surface area contributed by atoms with Crippen LogP contribution in [0.25, 0.3) is 10.3 Å². The number of amides is 1. The molecule has 7 heteroatoms. The number of hydrogen-bond acceptors (Lipinski definition) is 6. The van der Waals surface area contributed by atoms with Gasteiger partial charge in [-0.1, -0.05) is 11.3 Å². The minimum atomic E-state index is -0.346. The molecule has 1 N–H and O–H groups in total. The van der Waals surface area contributed by atoms with E-state index in [0.29, 0.717) is 26.7 Å². The van der Waals surface area contributed by atoms with Gasteiger partial charge in [-0.3, -0.25) is 9.59 Å². The van der Waals surface area contributed by atoms with Crippen molar-refractivity contribution in [1.29, 1.82) is 0 Å². The van der Waals surface area contributed by atoms with E-state index in [0.717, 1.165) is 0 Å². The zero-order chi connectivity index (χ0) is 14.8. The Kier molecular flexibility index (Phi) is 3.41. The van der Waals surface area contributed by atoms with Crippen LogP contribution in [0.15, 0.2) is 36.7 Å². The number of nitrogens with one attached hydrogen (secondary N) is 1. The number of rotatable bonds is 3. The summed E-state index contributed by atoms with van der Waals surface area (Å²) in [6.45, 7) is 1.46. The average molecular weight is 298 g/mol. The lowest BCUT2D eigenvalue weighted by Crippen LogP contribution is -2.12. The Morgan fingerprint density at radius 3 is 2.71 bits per heavy atom. The van der Waals surface area contributed by atoms with Crippen molar-refractivity contribution in [3.8, 4) is 0 Å². The van der Waals surface area contributed by atoms with Gasteiger partial charge in [-0.05, 0) is 31.2 Å². The summed E-state index contributed by atoms with van der Waals surface area (Å²) >= 11 is 1.22. The quantitative estimate of drug-likeness (QED) is 0.751. The second kappa shape index (κ2) is 5.37. The molecule has 6 nitrogen and oxygen atoms in total. The third-order valence-corrected chi connectivity index (χ3v) is 3.75. The molecule has 0 unspecified atom stereocenters. The normalized spacial score (nSPS) is 10.5. The van der Waals surface area contributed by atoms with Crippen molar-refractivity contribution in [3.63, 3.8) is 0 Å². The highest BCUT2D eigenvalue weighted by Gasteiger charge is 2.13. The molecule has 0 aliphatic carbocycles. The highest BCUT2D eigenvalue weighted by Crippen LogP contribution is 2.20. The molecule has 21 heavy (non-hydrogen) atoms. The molecule has 0 fully saturated rings. The molecule has 104 valence electrons. The number of ketones is 1. The summed E-state index contributed by atoms with van der Waals surface area (Å²) in [5.74, 6) is -0.0454. The standard InChI is InChI=1S/C14H10N4O2S/c1-8(19)9-4-5-11(16-7-9)18-12(20)14-17-10-3-2-6-15-13(10)21-14/h2-7H,1H3,(H,16,18,20). The largest absolute Gasteiger partial charge is 0.304 e. The Morgan fingerprint density at radius 2 is 2.05 bits per heavy atom. The van der Waals surface area contributed by atoms with E-state index in [-0.39, 0.29) is 11.7 Å². The molecule has 0 saturated carbocycles. The van der Waals surface area contributed by atoms with Gasteiger partial charge >= 0.3 is 0 Å². The van der Waals surface area contributed by atoms with Gasteiger partial charge in [0, 0.05) is 18.0 Å². The molecule has 0 saturated heterocycles. The highest BCUT2D eigenvalue weighted by atomic mass is 32.1. The lowest BCUT2D eigenvalue weighted by atomic mass is 10.2. The van der Waals surface area contributed by atoms with Crippen molar-refractivity contribution in [2.45, 2.75) is 6.92 Å². The molecule has 3 aromatic rings. The summed E-state index contributed by atoms with van der Waals surface area (Å²) in [5.41, 5.74) is 1.18. The van der Waals surface area contributed by atoms with Crippen molar-refractivity contribution in [3.05, 3.63) is 47.2 Å². The Hall–Kier alpha value is -2.67. The molecule has 0 spiro atoms. The first kappa shape index (κ1) is 13.3. The number of carbonyl (C=O) groups excluding carboxylic acids is 2. The lowest BCUT2D eigenvalue weighted by molar-refractivity contribution is 0.101. The maximum absolute atomic E-state index is 12.1. The minimum absolute atomic E-state index is 0.0716. The summed E-state index contributed by atoms with van der Waals surface area (Å²) in [6, 6.07) is 6.77. The molecule has 0 aliphatic rings. The molecule has 3 aromatic heterocycles. The van der Waals surface area contributed by atoms with E-state index in [1.54, 1.807) is 30.5 Å². The predicted octanol–water partition coefficient (Wildman–Crippen LogP) is 2.54. The van der Waals surface area contributed by atoms with Crippen molar-refractivity contribution >= 4 is 39.2 Å². The molecule has 1 amide bonds. The minimum Gasteiger partial charge on any atom is -0.304 e. The number of thiazole rings is 1. The van der Waals surface area contributed by atoms with Crippen LogP contribution in [-0.2, 0) is 0 Å². The van der Waals surface area contributed by atoms with Crippen LogP contribution >= 0.6 is 11.3 Å². The first-order valence-corrected chi connectivity index (χ1v) is 6.95. The fraction of sp³-hybridized carbons (Fsp3) is 0.0714. The molecule has 0 aliphatic heterocycles. The average Bonchev–Trinajstić information content (AvgIpc) is 2.92. The van der Waals surface area contributed by atoms with Gasteiger partial charge in [-0.25, -0.2) is 15.0 Å². The van der Waals surface area contributed by atoms with E-state index >= 15 is 0 Å². The number of hydrogen-bond donors (Lipinski definition) is 1. The van der Waals surface area contributed by atoms with Crippen molar-refractivity contribution < 1.29 is 9.59 Å². The molecule has 0 radical (unpaired) electrons. The highest BCUT2D eigenvalue weighted by molar-refractivity contribution is 7.20. The number of carbonyl (C=O) groups is 2. The van der Waals surface area contributed by atoms with Gasteiger partial charge in [-0.15, -0.1) is 0 Å². The molecule has 0 aromatic carbocycles. The summed E-state index contributed by atoms with van der Waals surface area (Å²) in [4.78, 5) is 36.4. The van der Waals surface area contributed by atoms with Crippen molar-refractivity contribution in [1.82, 2.24) is 15.0 Å². The zero-order valence-corrected chi connectivity index (χ0v) is 11.8. The first-order valence-electron chi connectivity index (χ1n) is 6.13. The van der Waals surface area contributed by atoms with Crippen molar-refractivity contribution in [2.24, 2.45) is 0 Å². The Labute approximate surface area is 123 Å². The Bertz CT molecular complexity index is 793. The van der Waals surface area contributed by atoms with Crippen LogP contribution in [0.2, 0.25) is 0 Å². The van der Waals surface area contributed by atoms with E-state index < -0.39 is 0 Å². The van der Waals surface area contributed by atoms with Gasteiger partial charge in [0.15, 0.2) is 10.8 Å². The van der Waals surface area contributed by atoms with E-state index in [4.69, 9.17) is 0 Å². The molecule has 3 heterocycles. The fourth-order valence-electron chi connectivity index (χ4n) is 1.71. The van der Waals surface area contributed by atoms with Gasteiger partial charge in [0.2, 0.25) is 0 Å². The van der Waals surface area contributed by atoms with Crippen LogP contribution in [0.5, 0.6) is 0 Å². The molecule has 0 atom stereocenters. The molecular weight excluding hydrogens is 288 g/mol. The molecule has 0 bridgehead atoms. The van der Waals surface area contributed by atoms with E-state index in [9.17, 15) is 9.59 Å². The van der Waals surface area contributed by atoms with E-state index in [1.807, 2.05) is 0 Å². The summed E-state index contributed by atoms with van der Waals surface area (Å²) in [5, 5.41) is 2.96. The van der Waals surface area contributed by atoms with Gasteiger partial charge in [0.25, 0.3) is 5.91 Å². The number of pyridine rings is 2. The van der Waals surface area contributed by atoms with Gasteiger partial charge in [0.1, 0.15) is 16.2 Å². The van der Waals surface area contributed by atoms with Gasteiger partial charge < -0.3 is 5.32 Å². The van der Waals surface area contributed by atoms with Crippen LogP contribution in [0.3, 0.4) is 0 Å². The second-order valence-corrected chi connectivity index (χ2v) is 5.27. The third-order valence-electron chi connectivity index (χ3n) is 2.77. The smallest absolute Gasteiger partial charge is 0.285 e. The monoisotopic (exact) mass is 298 g/mol. The molecular formula is C14H10N4O2S. The molecule has 3 rings (SSSR count). The zero-order valence-electron chi connectivity index (χ0n) is 11.0. The van der Waals surface area contributed by atoms with Crippen LogP contribution in [0.1, 0.15) is 27.1 Å². The third kappa shape index (κ3) is 2.77. The van der Waals surface area contributed by atoms with Crippen LogP contribution < -0.4 is 5.32 Å². The Balaban J connectivity index is 1.80. The Morgan fingerprint density at radius 1 is 1.19 bits per heavy atom. The van der Waals surface area contributed by atoms with Crippen LogP contribution in [-0.4, -0.2) is 26.6 Å². The maximum Gasteiger partial charge on any atom is 0.285 e. The number of aromatic nitrogens is 3. The number of nitrogens with zero attached hydrogens (tertiary/aromatic N) is 3. The second-order valence-electron chi connectivity index (χ2n) is 4.29. The summed E-state index contributed by atoms with van der Waals surface area (Å²) in [7, 11) is 0. The van der Waals surface area contributed by atoms with Gasteiger partial charge in [0.05, 0.1) is 0 Å².